The summed E-state index contributed by atoms with van der Waals surface area (Å²) in [6, 6.07) is 0.355. The van der Waals surface area contributed by atoms with Gasteiger partial charge in [0.2, 0.25) is 0 Å². The van der Waals surface area contributed by atoms with Gasteiger partial charge in [-0.1, -0.05) is 6.58 Å². The van der Waals surface area contributed by atoms with Crippen LogP contribution in [0.1, 0.15) is 6.92 Å². The van der Waals surface area contributed by atoms with Gasteiger partial charge in [0.1, 0.15) is 0 Å². The molecule has 4 nitrogen and oxygen atoms in total. The molecule has 15 heavy (non-hydrogen) atoms. The van der Waals surface area contributed by atoms with Crippen LogP contribution < -0.4 is 5.73 Å². The van der Waals surface area contributed by atoms with E-state index >= 15 is 0 Å². The number of hydrogen-bond donors (Lipinski definition) is 1. The summed E-state index contributed by atoms with van der Waals surface area (Å²) in [6.45, 7) is 9.68. The number of methoxy groups -OCH3 is 2. The first-order valence-corrected chi connectivity index (χ1v) is 5.24. The molecule has 0 aromatic carbocycles. The first kappa shape index (κ1) is 14.6. The lowest BCUT2D eigenvalue weighted by molar-refractivity contribution is 0.0809. The monoisotopic (exact) mass is 216 g/mol. The van der Waals surface area contributed by atoms with Crippen LogP contribution in [-0.2, 0) is 9.47 Å². The SMILES string of the molecule is C=C(CN)CN(CCOC)C(C)COC. The van der Waals surface area contributed by atoms with Crippen LogP contribution in [0.5, 0.6) is 0 Å². The lowest BCUT2D eigenvalue weighted by atomic mass is 10.2. The number of ether oxygens (including phenoxy) is 2. The Bertz CT molecular complexity index is 174. The van der Waals surface area contributed by atoms with Crippen molar-refractivity contribution in [1.29, 1.82) is 0 Å². The summed E-state index contributed by atoms with van der Waals surface area (Å²) in [4.78, 5) is 2.27. The van der Waals surface area contributed by atoms with Gasteiger partial charge in [0.15, 0.2) is 0 Å². The lowest BCUT2D eigenvalue weighted by Crippen LogP contribution is -2.40. The zero-order chi connectivity index (χ0) is 11.7. The van der Waals surface area contributed by atoms with Crippen molar-refractivity contribution < 1.29 is 9.47 Å². The third kappa shape index (κ3) is 6.62. The summed E-state index contributed by atoms with van der Waals surface area (Å²) in [7, 11) is 3.42. The highest BCUT2D eigenvalue weighted by Crippen LogP contribution is 2.03. The maximum absolute atomic E-state index is 5.53. The Balaban J connectivity index is 4.09. The van der Waals surface area contributed by atoms with Crippen LogP contribution in [-0.4, -0.2) is 58.0 Å². The molecule has 0 fully saturated rings. The summed E-state index contributed by atoms with van der Waals surface area (Å²) >= 11 is 0. The van der Waals surface area contributed by atoms with Gasteiger partial charge in [-0.25, -0.2) is 0 Å². The first-order valence-electron chi connectivity index (χ1n) is 5.24. The molecule has 1 atom stereocenters. The van der Waals surface area contributed by atoms with Crippen LogP contribution in [0.2, 0.25) is 0 Å². The van der Waals surface area contributed by atoms with Crippen LogP contribution in [0.25, 0.3) is 0 Å². The van der Waals surface area contributed by atoms with Crippen molar-refractivity contribution in [3.63, 3.8) is 0 Å². The largest absolute Gasteiger partial charge is 0.383 e. The second-order valence-corrected chi connectivity index (χ2v) is 3.72. The minimum atomic E-state index is 0.355. The van der Waals surface area contributed by atoms with E-state index in [0.29, 0.717) is 25.8 Å². The van der Waals surface area contributed by atoms with Gasteiger partial charge in [0, 0.05) is 39.9 Å². The zero-order valence-electron chi connectivity index (χ0n) is 10.2. The van der Waals surface area contributed by atoms with Crippen LogP contribution in [0.15, 0.2) is 12.2 Å². The Morgan fingerprint density at radius 3 is 2.53 bits per heavy atom. The average molecular weight is 216 g/mol. The lowest BCUT2D eigenvalue weighted by Gasteiger charge is -2.28. The van der Waals surface area contributed by atoms with Crippen molar-refractivity contribution in [1.82, 2.24) is 4.90 Å². The maximum Gasteiger partial charge on any atom is 0.0615 e. The Kier molecular flexibility index (Phi) is 8.61. The third-order valence-electron chi connectivity index (χ3n) is 2.33. The fourth-order valence-electron chi connectivity index (χ4n) is 1.36. The van der Waals surface area contributed by atoms with E-state index < -0.39 is 0 Å². The Morgan fingerprint density at radius 2 is 2.07 bits per heavy atom. The molecule has 0 aromatic heterocycles. The summed E-state index contributed by atoms with van der Waals surface area (Å²) in [6.07, 6.45) is 0. The molecule has 0 bridgehead atoms. The smallest absolute Gasteiger partial charge is 0.0615 e. The van der Waals surface area contributed by atoms with Crippen molar-refractivity contribution >= 4 is 0 Å². The molecule has 0 aliphatic carbocycles. The van der Waals surface area contributed by atoms with Gasteiger partial charge in [0.25, 0.3) is 0 Å². The van der Waals surface area contributed by atoms with Crippen molar-refractivity contribution in [2.24, 2.45) is 5.73 Å². The molecule has 0 radical (unpaired) electrons. The molecular weight excluding hydrogens is 192 g/mol. The zero-order valence-corrected chi connectivity index (χ0v) is 10.2. The van der Waals surface area contributed by atoms with Crippen molar-refractivity contribution in [3.05, 3.63) is 12.2 Å². The van der Waals surface area contributed by atoms with Crippen LogP contribution >= 0.6 is 0 Å². The van der Waals surface area contributed by atoms with E-state index in [-0.39, 0.29) is 0 Å². The minimum absolute atomic E-state index is 0.355. The van der Waals surface area contributed by atoms with Gasteiger partial charge < -0.3 is 15.2 Å². The molecule has 0 saturated heterocycles. The molecule has 0 amide bonds. The quantitative estimate of drug-likeness (QED) is 0.570. The molecule has 2 N–H and O–H groups in total. The molecule has 1 unspecified atom stereocenters. The normalized spacial score (nSPS) is 13.1. The maximum atomic E-state index is 5.53. The molecule has 0 rings (SSSR count). The minimum Gasteiger partial charge on any atom is -0.383 e. The summed E-state index contributed by atoms with van der Waals surface area (Å²) in [5.74, 6) is 0. The number of nitrogens with zero attached hydrogens (tertiary/aromatic N) is 1. The van der Waals surface area contributed by atoms with Crippen LogP contribution in [0.3, 0.4) is 0 Å². The van der Waals surface area contributed by atoms with Crippen molar-refractivity contribution in [2.75, 3.05) is 47.1 Å². The first-order chi connectivity index (χ1) is 7.15. The summed E-state index contributed by atoms with van der Waals surface area (Å²) < 4.78 is 10.2. The van der Waals surface area contributed by atoms with Crippen LogP contribution in [0.4, 0.5) is 0 Å². The molecule has 0 aromatic rings. The van der Waals surface area contributed by atoms with E-state index in [9.17, 15) is 0 Å². The fourth-order valence-corrected chi connectivity index (χ4v) is 1.36. The highest BCUT2D eigenvalue weighted by atomic mass is 16.5. The van der Waals surface area contributed by atoms with Crippen molar-refractivity contribution in [2.45, 2.75) is 13.0 Å². The predicted octanol–water partition coefficient (Wildman–Crippen LogP) is 0.485. The van der Waals surface area contributed by atoms with Gasteiger partial charge in [-0.15, -0.1) is 0 Å². The van der Waals surface area contributed by atoms with Crippen LogP contribution in [0, 0.1) is 0 Å². The second-order valence-electron chi connectivity index (χ2n) is 3.72. The van der Waals surface area contributed by atoms with Gasteiger partial charge in [-0.05, 0) is 12.5 Å². The molecule has 0 spiro atoms. The molecule has 0 aliphatic heterocycles. The fraction of sp³-hybridized carbons (Fsp3) is 0.818. The summed E-state index contributed by atoms with van der Waals surface area (Å²) in [5, 5.41) is 0. The predicted molar refractivity (Wildman–Crippen MR) is 63.0 cm³/mol. The molecule has 4 heteroatoms. The third-order valence-corrected chi connectivity index (χ3v) is 2.33. The summed E-state index contributed by atoms with van der Waals surface area (Å²) in [5.41, 5.74) is 6.57. The Labute approximate surface area is 93.0 Å². The van der Waals surface area contributed by atoms with Gasteiger partial charge in [-0.2, -0.15) is 0 Å². The van der Waals surface area contributed by atoms with Gasteiger partial charge in [-0.3, -0.25) is 4.90 Å². The van der Waals surface area contributed by atoms with E-state index in [1.165, 1.54) is 0 Å². The second kappa shape index (κ2) is 8.85. The highest BCUT2D eigenvalue weighted by molar-refractivity contribution is 4.99. The molecule has 0 aliphatic rings. The van der Waals surface area contributed by atoms with E-state index in [1.807, 2.05) is 0 Å². The standard InChI is InChI=1S/C11H24N2O2/c1-10(7-12)8-13(5-6-14-3)11(2)9-15-4/h11H,1,5-9,12H2,2-4H3. The van der Waals surface area contributed by atoms with Gasteiger partial charge in [0.05, 0.1) is 13.2 Å². The van der Waals surface area contributed by atoms with E-state index in [4.69, 9.17) is 15.2 Å². The molecule has 0 heterocycles. The Hall–Kier alpha value is -0.420. The number of hydrogen-bond acceptors (Lipinski definition) is 4. The average Bonchev–Trinajstić information content (AvgIpc) is 2.24. The Morgan fingerprint density at radius 1 is 1.40 bits per heavy atom. The van der Waals surface area contributed by atoms with E-state index in [0.717, 1.165) is 18.7 Å². The van der Waals surface area contributed by atoms with Crippen molar-refractivity contribution in [3.8, 4) is 0 Å². The topological polar surface area (TPSA) is 47.7 Å². The highest BCUT2D eigenvalue weighted by Gasteiger charge is 2.13. The number of nitrogens with two attached hydrogens (primary N) is 1. The molecule has 90 valence electrons. The van der Waals surface area contributed by atoms with E-state index in [2.05, 4.69) is 18.4 Å². The number of rotatable bonds is 9. The van der Waals surface area contributed by atoms with Gasteiger partial charge >= 0.3 is 0 Å². The van der Waals surface area contributed by atoms with E-state index in [1.54, 1.807) is 14.2 Å². The molecule has 0 saturated carbocycles. The molecular formula is C11H24N2O2.